The minimum absolute atomic E-state index is 0.469. The number of nitrogens with zero attached hydrogens (tertiary/aromatic N) is 1. The van der Waals surface area contributed by atoms with E-state index in [2.05, 4.69) is 15.7 Å². The monoisotopic (exact) mass is 224 g/mol. The molecule has 3 nitrogen and oxygen atoms in total. The Morgan fingerprint density at radius 3 is 3.13 bits per heavy atom. The van der Waals surface area contributed by atoms with Gasteiger partial charge in [-0.1, -0.05) is 0 Å². The first kappa shape index (κ1) is 9.75. The number of rotatable bonds is 3. The SMILES string of the molecule is Cc1csc(CNC2CC3CCC2O3)n1. The van der Waals surface area contributed by atoms with Gasteiger partial charge in [0.2, 0.25) is 0 Å². The van der Waals surface area contributed by atoms with Crippen LogP contribution in [-0.4, -0.2) is 23.2 Å². The molecule has 3 rings (SSSR count). The summed E-state index contributed by atoms with van der Waals surface area (Å²) >= 11 is 1.74. The van der Waals surface area contributed by atoms with Crippen LogP contribution in [0.3, 0.4) is 0 Å². The van der Waals surface area contributed by atoms with Crippen LogP contribution >= 0.6 is 11.3 Å². The Hall–Kier alpha value is -0.450. The zero-order chi connectivity index (χ0) is 10.3. The van der Waals surface area contributed by atoms with E-state index in [4.69, 9.17) is 4.74 Å². The van der Waals surface area contributed by atoms with Crippen molar-refractivity contribution in [2.24, 2.45) is 0 Å². The third-order valence-electron chi connectivity index (χ3n) is 3.29. The second-order valence-corrected chi connectivity index (χ2v) is 5.42. The van der Waals surface area contributed by atoms with Gasteiger partial charge in [0, 0.05) is 23.7 Å². The molecule has 0 spiro atoms. The predicted octanol–water partition coefficient (Wildman–Crippen LogP) is 1.86. The number of hydrogen-bond donors (Lipinski definition) is 1. The van der Waals surface area contributed by atoms with Gasteiger partial charge < -0.3 is 10.1 Å². The molecule has 0 radical (unpaired) electrons. The van der Waals surface area contributed by atoms with Crippen LogP contribution in [0.4, 0.5) is 0 Å². The Kier molecular flexibility index (Phi) is 2.50. The number of hydrogen-bond acceptors (Lipinski definition) is 4. The van der Waals surface area contributed by atoms with Crippen molar-refractivity contribution in [2.75, 3.05) is 0 Å². The molecular weight excluding hydrogens is 208 g/mol. The summed E-state index contributed by atoms with van der Waals surface area (Å²) in [4.78, 5) is 4.45. The van der Waals surface area contributed by atoms with Crippen molar-refractivity contribution in [2.45, 2.75) is 51.0 Å². The average Bonchev–Trinajstić information content (AvgIpc) is 2.90. The smallest absolute Gasteiger partial charge is 0.107 e. The number of aromatic nitrogens is 1. The minimum Gasteiger partial charge on any atom is -0.373 e. The predicted molar refractivity (Wildman–Crippen MR) is 60.0 cm³/mol. The molecule has 2 fully saturated rings. The molecule has 0 amide bonds. The molecule has 3 unspecified atom stereocenters. The topological polar surface area (TPSA) is 34.1 Å². The molecule has 2 bridgehead atoms. The fraction of sp³-hybridized carbons (Fsp3) is 0.727. The molecule has 4 heteroatoms. The zero-order valence-corrected chi connectivity index (χ0v) is 9.72. The summed E-state index contributed by atoms with van der Waals surface area (Å²) in [5, 5.41) is 6.86. The summed E-state index contributed by atoms with van der Waals surface area (Å²) in [6.07, 6.45) is 4.69. The Morgan fingerprint density at radius 2 is 2.53 bits per heavy atom. The fourth-order valence-corrected chi connectivity index (χ4v) is 3.28. The summed E-state index contributed by atoms with van der Waals surface area (Å²) < 4.78 is 5.80. The Morgan fingerprint density at radius 1 is 1.60 bits per heavy atom. The first-order valence-corrected chi connectivity index (χ1v) is 6.49. The Balaban J connectivity index is 1.54. The molecule has 2 saturated heterocycles. The van der Waals surface area contributed by atoms with Gasteiger partial charge in [0.25, 0.3) is 0 Å². The lowest BCUT2D eigenvalue weighted by Crippen LogP contribution is -2.36. The lowest BCUT2D eigenvalue weighted by molar-refractivity contribution is 0.0973. The maximum absolute atomic E-state index is 5.80. The normalized spacial score (nSPS) is 33.8. The number of thiazole rings is 1. The van der Waals surface area contributed by atoms with E-state index in [1.54, 1.807) is 11.3 Å². The van der Waals surface area contributed by atoms with Crippen LogP contribution in [0, 0.1) is 6.92 Å². The Labute approximate surface area is 93.9 Å². The van der Waals surface area contributed by atoms with Crippen molar-refractivity contribution in [3.05, 3.63) is 16.1 Å². The first-order chi connectivity index (χ1) is 7.31. The molecule has 82 valence electrons. The second kappa shape index (κ2) is 3.85. The van der Waals surface area contributed by atoms with Gasteiger partial charge in [-0.05, 0) is 26.2 Å². The summed E-state index contributed by atoms with van der Waals surface area (Å²) in [6, 6.07) is 0.563. The summed E-state index contributed by atoms with van der Waals surface area (Å²) in [5.74, 6) is 0. The van der Waals surface area contributed by atoms with Crippen LogP contribution < -0.4 is 5.32 Å². The first-order valence-electron chi connectivity index (χ1n) is 5.61. The molecule has 0 saturated carbocycles. The lowest BCUT2D eigenvalue weighted by atomic mass is 9.95. The number of fused-ring (bicyclic) bond motifs is 2. The molecule has 0 aliphatic carbocycles. The van der Waals surface area contributed by atoms with Crippen molar-refractivity contribution in [3.63, 3.8) is 0 Å². The van der Waals surface area contributed by atoms with Gasteiger partial charge in [-0.15, -0.1) is 11.3 Å². The molecule has 15 heavy (non-hydrogen) atoms. The van der Waals surface area contributed by atoms with Gasteiger partial charge in [0.05, 0.1) is 12.2 Å². The summed E-state index contributed by atoms with van der Waals surface area (Å²) in [5.41, 5.74) is 1.13. The zero-order valence-electron chi connectivity index (χ0n) is 8.90. The van der Waals surface area contributed by atoms with Crippen LogP contribution in [0.25, 0.3) is 0 Å². The fourth-order valence-electron chi connectivity index (χ4n) is 2.55. The highest BCUT2D eigenvalue weighted by molar-refractivity contribution is 7.09. The van der Waals surface area contributed by atoms with Gasteiger partial charge >= 0.3 is 0 Å². The van der Waals surface area contributed by atoms with Crippen LogP contribution in [0.1, 0.15) is 30.0 Å². The van der Waals surface area contributed by atoms with Crippen molar-refractivity contribution < 1.29 is 4.74 Å². The van der Waals surface area contributed by atoms with Crippen molar-refractivity contribution >= 4 is 11.3 Å². The average molecular weight is 224 g/mol. The van der Waals surface area contributed by atoms with Gasteiger partial charge in [0.1, 0.15) is 5.01 Å². The molecule has 1 N–H and O–H groups in total. The quantitative estimate of drug-likeness (QED) is 0.851. The summed E-state index contributed by atoms with van der Waals surface area (Å²) in [6.45, 7) is 2.94. The molecule has 2 aliphatic heterocycles. The van der Waals surface area contributed by atoms with Crippen LogP contribution in [0.5, 0.6) is 0 Å². The molecule has 0 aromatic carbocycles. The van der Waals surface area contributed by atoms with E-state index in [9.17, 15) is 0 Å². The number of ether oxygens (including phenoxy) is 1. The van der Waals surface area contributed by atoms with Gasteiger partial charge in [0.15, 0.2) is 0 Å². The van der Waals surface area contributed by atoms with E-state index in [0.717, 1.165) is 12.2 Å². The number of aryl methyl sites for hydroxylation is 1. The van der Waals surface area contributed by atoms with E-state index < -0.39 is 0 Å². The van der Waals surface area contributed by atoms with E-state index in [1.165, 1.54) is 24.3 Å². The van der Waals surface area contributed by atoms with E-state index >= 15 is 0 Å². The van der Waals surface area contributed by atoms with E-state index in [0.29, 0.717) is 18.2 Å². The van der Waals surface area contributed by atoms with Crippen LogP contribution in [0.2, 0.25) is 0 Å². The second-order valence-electron chi connectivity index (χ2n) is 4.48. The van der Waals surface area contributed by atoms with Crippen molar-refractivity contribution in [1.82, 2.24) is 10.3 Å². The molecule has 3 atom stereocenters. The highest BCUT2D eigenvalue weighted by Crippen LogP contribution is 2.34. The van der Waals surface area contributed by atoms with Crippen molar-refractivity contribution in [3.8, 4) is 0 Å². The van der Waals surface area contributed by atoms with Gasteiger partial charge in [-0.25, -0.2) is 4.98 Å². The highest BCUT2D eigenvalue weighted by atomic mass is 32.1. The molecule has 1 aromatic rings. The molecular formula is C11H16N2OS. The number of nitrogens with one attached hydrogen (secondary N) is 1. The maximum Gasteiger partial charge on any atom is 0.107 e. The molecule has 3 heterocycles. The Bertz CT molecular complexity index is 352. The van der Waals surface area contributed by atoms with E-state index in [-0.39, 0.29) is 0 Å². The van der Waals surface area contributed by atoms with Crippen LogP contribution in [0.15, 0.2) is 5.38 Å². The summed E-state index contributed by atoms with van der Waals surface area (Å²) in [7, 11) is 0. The standard InChI is InChI=1S/C11H16N2OS/c1-7-6-15-11(13-7)5-12-9-4-8-2-3-10(9)14-8/h6,8-10,12H,2-5H2,1H3. The third-order valence-corrected chi connectivity index (χ3v) is 4.25. The molecule has 1 aromatic heterocycles. The van der Waals surface area contributed by atoms with Gasteiger partial charge in [-0.2, -0.15) is 0 Å². The van der Waals surface area contributed by atoms with E-state index in [1.807, 2.05) is 6.92 Å². The maximum atomic E-state index is 5.80. The van der Waals surface area contributed by atoms with Gasteiger partial charge in [-0.3, -0.25) is 0 Å². The third kappa shape index (κ3) is 1.94. The van der Waals surface area contributed by atoms with Crippen LogP contribution in [-0.2, 0) is 11.3 Å². The lowest BCUT2D eigenvalue weighted by Gasteiger charge is -2.19. The highest BCUT2D eigenvalue weighted by Gasteiger charge is 2.40. The minimum atomic E-state index is 0.469. The molecule has 2 aliphatic rings. The largest absolute Gasteiger partial charge is 0.373 e. The van der Waals surface area contributed by atoms with Crippen molar-refractivity contribution in [1.29, 1.82) is 0 Å².